The Balaban J connectivity index is 2.58. The Labute approximate surface area is 102 Å². The minimum atomic E-state index is 0.744. The minimum absolute atomic E-state index is 0.744. The third-order valence-electron chi connectivity index (χ3n) is 2.39. The summed E-state index contributed by atoms with van der Waals surface area (Å²) in [5.74, 6) is 0.979. The van der Waals surface area contributed by atoms with Gasteiger partial charge in [0, 0.05) is 17.6 Å². The molecule has 1 heterocycles. The fourth-order valence-corrected chi connectivity index (χ4v) is 2.37. The van der Waals surface area contributed by atoms with E-state index in [1.807, 2.05) is 42.8 Å². The Kier molecular flexibility index (Phi) is 2.85. The molecule has 1 aromatic heterocycles. The maximum absolute atomic E-state index is 5.85. The first-order valence-electron chi connectivity index (χ1n) is 4.54. The van der Waals surface area contributed by atoms with Crippen LogP contribution >= 0.6 is 27.5 Å². The van der Waals surface area contributed by atoms with E-state index < -0.39 is 0 Å². The molecule has 0 N–H and O–H groups in total. The molecule has 0 bridgehead atoms. The highest BCUT2D eigenvalue weighted by Crippen LogP contribution is 2.28. The molecule has 0 unspecified atom stereocenters. The van der Waals surface area contributed by atoms with Crippen molar-refractivity contribution in [3.05, 3.63) is 39.7 Å². The maximum atomic E-state index is 5.85. The number of rotatable bonds is 1. The van der Waals surface area contributed by atoms with Crippen molar-refractivity contribution >= 4 is 27.5 Å². The quantitative estimate of drug-likeness (QED) is 0.779. The number of hydrogen-bond acceptors (Lipinski definition) is 1. The number of hydrogen-bond donors (Lipinski definition) is 0. The zero-order valence-electron chi connectivity index (χ0n) is 8.46. The van der Waals surface area contributed by atoms with Crippen LogP contribution in [-0.2, 0) is 7.05 Å². The van der Waals surface area contributed by atoms with Crippen LogP contribution in [0.15, 0.2) is 28.9 Å². The molecule has 1 aromatic carbocycles. The van der Waals surface area contributed by atoms with Gasteiger partial charge >= 0.3 is 0 Å². The van der Waals surface area contributed by atoms with Crippen molar-refractivity contribution in [3.8, 4) is 11.3 Å². The molecule has 0 saturated heterocycles. The van der Waals surface area contributed by atoms with Gasteiger partial charge in [-0.2, -0.15) is 0 Å². The average Bonchev–Trinajstić information content (AvgIpc) is 2.44. The molecule has 78 valence electrons. The second-order valence-electron chi connectivity index (χ2n) is 3.36. The van der Waals surface area contributed by atoms with Crippen molar-refractivity contribution in [2.24, 2.45) is 7.05 Å². The summed E-state index contributed by atoms with van der Waals surface area (Å²) in [6.45, 7) is 1.98. The van der Waals surface area contributed by atoms with E-state index in [1.54, 1.807) is 0 Å². The molecule has 0 amide bonds. The highest BCUT2D eigenvalue weighted by atomic mass is 79.9. The van der Waals surface area contributed by atoms with Crippen LogP contribution in [0.3, 0.4) is 0 Å². The molecule has 2 aromatic rings. The van der Waals surface area contributed by atoms with Crippen LogP contribution in [0.25, 0.3) is 11.3 Å². The van der Waals surface area contributed by atoms with E-state index in [-0.39, 0.29) is 0 Å². The molecule has 0 aliphatic carbocycles. The summed E-state index contributed by atoms with van der Waals surface area (Å²) < 4.78 is 2.91. The van der Waals surface area contributed by atoms with Crippen LogP contribution in [-0.4, -0.2) is 9.55 Å². The smallest absolute Gasteiger partial charge is 0.132 e. The number of imidazole rings is 1. The Morgan fingerprint density at radius 2 is 1.87 bits per heavy atom. The molecular weight excluding hydrogens is 275 g/mol. The van der Waals surface area contributed by atoms with Gasteiger partial charge in [-0.25, -0.2) is 4.98 Å². The molecule has 2 nitrogen and oxygen atoms in total. The molecule has 0 atom stereocenters. The molecule has 0 radical (unpaired) electrons. The molecule has 0 aliphatic rings. The number of nitrogens with zero attached hydrogens (tertiary/aromatic N) is 2. The Morgan fingerprint density at radius 1 is 1.27 bits per heavy atom. The lowest BCUT2D eigenvalue weighted by atomic mass is 10.2. The molecule has 15 heavy (non-hydrogen) atoms. The second kappa shape index (κ2) is 3.99. The van der Waals surface area contributed by atoms with Gasteiger partial charge in [-0.05, 0) is 35.0 Å². The van der Waals surface area contributed by atoms with Crippen LogP contribution in [0.5, 0.6) is 0 Å². The first-order valence-corrected chi connectivity index (χ1v) is 5.71. The van der Waals surface area contributed by atoms with Crippen molar-refractivity contribution in [2.45, 2.75) is 6.92 Å². The summed E-state index contributed by atoms with van der Waals surface area (Å²) >= 11 is 9.31. The summed E-state index contributed by atoms with van der Waals surface area (Å²) in [4.78, 5) is 4.36. The van der Waals surface area contributed by atoms with Crippen molar-refractivity contribution < 1.29 is 0 Å². The van der Waals surface area contributed by atoms with Gasteiger partial charge in [-0.15, -0.1) is 0 Å². The highest BCUT2D eigenvalue weighted by Gasteiger charge is 2.11. The summed E-state index contributed by atoms with van der Waals surface area (Å²) in [5, 5.41) is 0.744. The van der Waals surface area contributed by atoms with Gasteiger partial charge in [-0.3, -0.25) is 0 Å². The molecule has 2 rings (SSSR count). The van der Waals surface area contributed by atoms with Gasteiger partial charge in [0.15, 0.2) is 0 Å². The SMILES string of the molecule is Cc1nc(Br)c(-c2ccc(Cl)cc2)n1C. The van der Waals surface area contributed by atoms with Crippen molar-refractivity contribution in [3.63, 3.8) is 0 Å². The van der Waals surface area contributed by atoms with Gasteiger partial charge < -0.3 is 4.57 Å². The molecule has 0 fully saturated rings. The van der Waals surface area contributed by atoms with Gasteiger partial charge in [0.05, 0.1) is 5.69 Å². The number of aryl methyl sites for hydroxylation is 1. The van der Waals surface area contributed by atoms with E-state index in [0.717, 1.165) is 26.7 Å². The number of benzene rings is 1. The highest BCUT2D eigenvalue weighted by molar-refractivity contribution is 9.10. The normalized spacial score (nSPS) is 10.7. The summed E-state index contributed by atoms with van der Waals surface area (Å²) in [5.41, 5.74) is 2.18. The lowest BCUT2D eigenvalue weighted by molar-refractivity contribution is 0.865. The zero-order valence-corrected chi connectivity index (χ0v) is 10.8. The Morgan fingerprint density at radius 3 is 2.33 bits per heavy atom. The largest absolute Gasteiger partial charge is 0.330 e. The van der Waals surface area contributed by atoms with E-state index in [9.17, 15) is 0 Å². The zero-order chi connectivity index (χ0) is 11.0. The first kappa shape index (κ1) is 10.7. The third kappa shape index (κ3) is 1.94. The van der Waals surface area contributed by atoms with Gasteiger partial charge in [0.1, 0.15) is 10.4 Å². The van der Waals surface area contributed by atoms with Crippen molar-refractivity contribution in [1.82, 2.24) is 9.55 Å². The van der Waals surface area contributed by atoms with E-state index in [1.165, 1.54) is 0 Å². The lowest BCUT2D eigenvalue weighted by Gasteiger charge is -2.04. The average molecular weight is 286 g/mol. The molecule has 0 saturated carbocycles. The summed E-state index contributed by atoms with van der Waals surface area (Å²) in [7, 11) is 2.00. The van der Waals surface area contributed by atoms with Crippen LogP contribution in [0.1, 0.15) is 5.82 Å². The summed E-state index contributed by atoms with van der Waals surface area (Å²) in [6.07, 6.45) is 0. The third-order valence-corrected chi connectivity index (χ3v) is 3.20. The fourth-order valence-electron chi connectivity index (χ4n) is 1.49. The molecule has 4 heteroatoms. The molecule has 0 spiro atoms. The van der Waals surface area contributed by atoms with Crippen molar-refractivity contribution in [2.75, 3.05) is 0 Å². The number of aromatic nitrogens is 2. The molecule has 0 aliphatic heterocycles. The minimum Gasteiger partial charge on any atom is -0.330 e. The van der Waals surface area contributed by atoms with E-state index in [4.69, 9.17) is 11.6 Å². The number of halogens is 2. The lowest BCUT2D eigenvalue weighted by Crippen LogP contribution is -1.94. The summed E-state index contributed by atoms with van der Waals surface area (Å²) in [6, 6.07) is 7.74. The first-order chi connectivity index (χ1) is 7.09. The van der Waals surface area contributed by atoms with Crippen LogP contribution < -0.4 is 0 Å². The van der Waals surface area contributed by atoms with Crippen LogP contribution in [0, 0.1) is 6.92 Å². The second-order valence-corrected chi connectivity index (χ2v) is 4.55. The van der Waals surface area contributed by atoms with E-state index >= 15 is 0 Å². The monoisotopic (exact) mass is 284 g/mol. The Hall–Kier alpha value is -0.800. The predicted octanol–water partition coefficient (Wildman–Crippen LogP) is 3.81. The van der Waals surface area contributed by atoms with Gasteiger partial charge in [0.2, 0.25) is 0 Å². The van der Waals surface area contributed by atoms with Crippen LogP contribution in [0.4, 0.5) is 0 Å². The van der Waals surface area contributed by atoms with Gasteiger partial charge in [-0.1, -0.05) is 23.7 Å². The maximum Gasteiger partial charge on any atom is 0.132 e. The predicted molar refractivity (Wildman–Crippen MR) is 66.1 cm³/mol. The van der Waals surface area contributed by atoms with Crippen molar-refractivity contribution in [1.29, 1.82) is 0 Å². The van der Waals surface area contributed by atoms with E-state index in [2.05, 4.69) is 20.9 Å². The Bertz CT molecular complexity index is 488. The fraction of sp³-hybridized carbons (Fsp3) is 0.182. The van der Waals surface area contributed by atoms with E-state index in [0.29, 0.717) is 0 Å². The van der Waals surface area contributed by atoms with Crippen LogP contribution in [0.2, 0.25) is 5.02 Å². The standard InChI is InChI=1S/C11H10BrClN2/c1-7-14-11(12)10(15(7)2)8-3-5-9(13)6-4-8/h3-6H,1-2H3. The topological polar surface area (TPSA) is 17.8 Å². The molecular formula is C11H10BrClN2. The van der Waals surface area contributed by atoms with Gasteiger partial charge in [0.25, 0.3) is 0 Å².